The highest BCUT2D eigenvalue weighted by atomic mass is 16.2. The van der Waals surface area contributed by atoms with Crippen molar-refractivity contribution in [2.24, 2.45) is 0 Å². The molecule has 1 spiro atoms. The van der Waals surface area contributed by atoms with Gasteiger partial charge in [0.25, 0.3) is 5.91 Å². The Morgan fingerprint density at radius 2 is 1.81 bits per heavy atom. The fourth-order valence-corrected chi connectivity index (χ4v) is 4.83. The number of likely N-dealkylation sites (tertiary alicyclic amines) is 1. The number of rotatable bonds is 3. The lowest BCUT2D eigenvalue weighted by Crippen LogP contribution is -2.50. The number of urea groups is 1. The van der Waals surface area contributed by atoms with Gasteiger partial charge in [0.2, 0.25) is 5.91 Å². The van der Waals surface area contributed by atoms with Crippen molar-refractivity contribution in [1.29, 1.82) is 0 Å². The molecule has 144 valence electrons. The van der Waals surface area contributed by atoms with Crippen molar-refractivity contribution in [2.75, 3.05) is 6.54 Å². The van der Waals surface area contributed by atoms with Gasteiger partial charge in [0, 0.05) is 6.54 Å². The fraction of sp³-hybridized carbons (Fsp3) is 0.571. The Morgan fingerprint density at radius 1 is 1.15 bits per heavy atom. The third-order valence-electron chi connectivity index (χ3n) is 6.39. The molecular weight excluding hydrogens is 342 g/mol. The van der Waals surface area contributed by atoms with Crippen LogP contribution in [0, 0.1) is 6.92 Å². The average Bonchev–Trinajstić information content (AvgIpc) is 3.36. The highest BCUT2D eigenvalue weighted by Gasteiger charge is 2.55. The third kappa shape index (κ3) is 2.91. The lowest BCUT2D eigenvalue weighted by Gasteiger charge is -2.31. The molecule has 0 bridgehead atoms. The molecule has 2 heterocycles. The predicted molar refractivity (Wildman–Crippen MR) is 101 cm³/mol. The Hall–Kier alpha value is -2.37. The Morgan fingerprint density at radius 3 is 2.48 bits per heavy atom. The normalized spacial score (nSPS) is 25.3. The molecule has 2 atom stereocenters. The number of aryl methyl sites for hydroxylation is 1. The van der Waals surface area contributed by atoms with E-state index in [2.05, 4.69) is 29.6 Å². The molecule has 4 rings (SSSR count). The minimum absolute atomic E-state index is 0.0155. The van der Waals surface area contributed by atoms with E-state index in [1.165, 1.54) is 5.56 Å². The summed E-state index contributed by atoms with van der Waals surface area (Å²) in [6.07, 6.45) is 5.05. The van der Waals surface area contributed by atoms with Crippen LogP contribution >= 0.6 is 0 Å². The summed E-state index contributed by atoms with van der Waals surface area (Å²) < 4.78 is 0. The second-order valence-corrected chi connectivity index (χ2v) is 8.17. The number of nitrogens with one attached hydrogen (secondary N) is 1. The van der Waals surface area contributed by atoms with E-state index in [0.717, 1.165) is 36.1 Å². The number of hydrogen-bond acceptors (Lipinski definition) is 3. The SMILES string of the molecule is Cc1ccc(C2CCCN2C(=O)C(C)N2C(=O)NC3(CCCC3)C2=O)cc1. The van der Waals surface area contributed by atoms with Crippen molar-refractivity contribution < 1.29 is 14.4 Å². The zero-order chi connectivity index (χ0) is 19.2. The number of amides is 4. The van der Waals surface area contributed by atoms with E-state index in [0.29, 0.717) is 19.4 Å². The van der Waals surface area contributed by atoms with Crippen LogP contribution in [0.5, 0.6) is 0 Å². The molecule has 6 heteroatoms. The molecule has 2 unspecified atom stereocenters. The van der Waals surface area contributed by atoms with Gasteiger partial charge in [-0.1, -0.05) is 42.7 Å². The van der Waals surface area contributed by atoms with Gasteiger partial charge in [-0.05, 0) is 45.1 Å². The van der Waals surface area contributed by atoms with Gasteiger partial charge in [-0.2, -0.15) is 0 Å². The van der Waals surface area contributed by atoms with Crippen molar-refractivity contribution in [3.8, 4) is 0 Å². The quantitative estimate of drug-likeness (QED) is 0.833. The summed E-state index contributed by atoms with van der Waals surface area (Å²) in [7, 11) is 0. The number of hydrogen-bond donors (Lipinski definition) is 1. The van der Waals surface area contributed by atoms with E-state index < -0.39 is 17.6 Å². The summed E-state index contributed by atoms with van der Waals surface area (Å²) in [5.41, 5.74) is 1.53. The van der Waals surface area contributed by atoms with E-state index >= 15 is 0 Å². The Labute approximate surface area is 159 Å². The minimum Gasteiger partial charge on any atom is -0.334 e. The maximum Gasteiger partial charge on any atom is 0.325 e. The molecule has 6 nitrogen and oxygen atoms in total. The van der Waals surface area contributed by atoms with Gasteiger partial charge in [-0.15, -0.1) is 0 Å². The van der Waals surface area contributed by atoms with Crippen LogP contribution in [0.3, 0.4) is 0 Å². The number of nitrogens with zero attached hydrogens (tertiary/aromatic N) is 2. The zero-order valence-corrected chi connectivity index (χ0v) is 16.0. The average molecular weight is 369 g/mol. The number of imide groups is 1. The van der Waals surface area contributed by atoms with Crippen molar-refractivity contribution >= 4 is 17.8 Å². The Bertz CT molecular complexity index is 767. The van der Waals surface area contributed by atoms with E-state index in [4.69, 9.17) is 0 Å². The van der Waals surface area contributed by atoms with Crippen molar-refractivity contribution in [3.63, 3.8) is 0 Å². The van der Waals surface area contributed by atoms with Gasteiger partial charge in [0.05, 0.1) is 6.04 Å². The second kappa shape index (κ2) is 6.66. The van der Waals surface area contributed by atoms with E-state index in [-0.39, 0.29) is 17.9 Å². The molecule has 1 saturated carbocycles. The van der Waals surface area contributed by atoms with E-state index in [1.807, 2.05) is 11.8 Å². The van der Waals surface area contributed by atoms with Crippen molar-refractivity contribution in [1.82, 2.24) is 15.1 Å². The van der Waals surface area contributed by atoms with Gasteiger partial charge in [-0.3, -0.25) is 9.59 Å². The Balaban J connectivity index is 1.54. The van der Waals surface area contributed by atoms with Crippen LogP contribution in [-0.2, 0) is 9.59 Å². The summed E-state index contributed by atoms with van der Waals surface area (Å²) in [5.74, 6) is -0.367. The molecule has 1 aromatic rings. The summed E-state index contributed by atoms with van der Waals surface area (Å²) in [5, 5.41) is 2.87. The standard InChI is InChI=1S/C21H27N3O3/c1-14-7-9-16(10-8-14)17-6-5-13-23(17)18(25)15(2)24-19(26)21(22-20(24)27)11-3-4-12-21/h7-10,15,17H,3-6,11-13H2,1-2H3,(H,22,27). The van der Waals surface area contributed by atoms with Crippen LogP contribution < -0.4 is 5.32 Å². The van der Waals surface area contributed by atoms with E-state index in [1.54, 1.807) is 6.92 Å². The highest BCUT2D eigenvalue weighted by molar-refractivity contribution is 6.10. The molecule has 2 aliphatic heterocycles. The van der Waals surface area contributed by atoms with Gasteiger partial charge >= 0.3 is 6.03 Å². The highest BCUT2D eigenvalue weighted by Crippen LogP contribution is 2.37. The molecule has 4 amide bonds. The molecule has 3 aliphatic rings. The van der Waals surface area contributed by atoms with Crippen LogP contribution in [0.4, 0.5) is 4.79 Å². The van der Waals surface area contributed by atoms with Gasteiger partial charge in [-0.25, -0.2) is 9.69 Å². The van der Waals surface area contributed by atoms with Crippen molar-refractivity contribution in [2.45, 2.75) is 70.0 Å². The first kappa shape index (κ1) is 18.0. The zero-order valence-electron chi connectivity index (χ0n) is 16.0. The molecule has 1 aliphatic carbocycles. The molecule has 1 aromatic carbocycles. The first-order valence-electron chi connectivity index (χ1n) is 9.96. The molecule has 27 heavy (non-hydrogen) atoms. The molecule has 0 aromatic heterocycles. The van der Waals surface area contributed by atoms with Crippen LogP contribution in [0.1, 0.15) is 62.6 Å². The lowest BCUT2D eigenvalue weighted by atomic mass is 9.97. The number of carbonyl (C=O) groups excluding carboxylic acids is 3. The number of carbonyl (C=O) groups is 3. The Kier molecular flexibility index (Phi) is 4.44. The van der Waals surface area contributed by atoms with E-state index in [9.17, 15) is 14.4 Å². The summed E-state index contributed by atoms with van der Waals surface area (Å²) in [4.78, 5) is 41.7. The first-order valence-corrected chi connectivity index (χ1v) is 9.96. The van der Waals surface area contributed by atoms with Crippen LogP contribution in [0.2, 0.25) is 0 Å². The lowest BCUT2D eigenvalue weighted by molar-refractivity contribution is -0.143. The van der Waals surface area contributed by atoms with Crippen LogP contribution in [0.15, 0.2) is 24.3 Å². The van der Waals surface area contributed by atoms with Gasteiger partial charge in [0.15, 0.2) is 0 Å². The molecule has 0 radical (unpaired) electrons. The maximum absolute atomic E-state index is 13.2. The molecular formula is C21H27N3O3. The summed E-state index contributed by atoms with van der Waals surface area (Å²) in [6, 6.07) is 7.07. The largest absolute Gasteiger partial charge is 0.334 e. The summed E-state index contributed by atoms with van der Waals surface area (Å²) >= 11 is 0. The maximum atomic E-state index is 13.2. The molecule has 3 fully saturated rings. The minimum atomic E-state index is -0.775. The smallest absolute Gasteiger partial charge is 0.325 e. The predicted octanol–water partition coefficient (Wildman–Crippen LogP) is 2.91. The molecule has 1 N–H and O–H groups in total. The third-order valence-corrected chi connectivity index (χ3v) is 6.39. The fourth-order valence-electron chi connectivity index (χ4n) is 4.83. The molecule has 2 saturated heterocycles. The second-order valence-electron chi connectivity index (χ2n) is 8.17. The summed E-state index contributed by atoms with van der Waals surface area (Å²) in [6.45, 7) is 4.38. The van der Waals surface area contributed by atoms with Crippen LogP contribution in [-0.4, -0.2) is 45.8 Å². The number of benzene rings is 1. The van der Waals surface area contributed by atoms with Gasteiger partial charge < -0.3 is 10.2 Å². The van der Waals surface area contributed by atoms with Crippen molar-refractivity contribution in [3.05, 3.63) is 35.4 Å². The monoisotopic (exact) mass is 369 g/mol. The van der Waals surface area contributed by atoms with Crippen LogP contribution in [0.25, 0.3) is 0 Å². The van der Waals surface area contributed by atoms with Gasteiger partial charge in [0.1, 0.15) is 11.6 Å². The first-order chi connectivity index (χ1) is 12.9. The topological polar surface area (TPSA) is 69.7 Å².